The fraction of sp³-hybridized carbons (Fsp3) is 0.290. The second-order valence-corrected chi connectivity index (χ2v) is 12.5. The van der Waals surface area contributed by atoms with Crippen molar-refractivity contribution in [1.82, 2.24) is 15.4 Å². The Labute approximate surface area is 263 Å². The van der Waals surface area contributed by atoms with Gasteiger partial charge in [0.05, 0.1) is 17.1 Å². The highest BCUT2D eigenvalue weighted by atomic mass is 32.2. The lowest BCUT2D eigenvalue weighted by atomic mass is 10.1. The van der Waals surface area contributed by atoms with Gasteiger partial charge in [-0.1, -0.05) is 54.6 Å². The van der Waals surface area contributed by atoms with Crippen LogP contribution in [0.15, 0.2) is 83.8 Å². The Bertz CT molecular complexity index is 1540. The first kappa shape index (κ1) is 34.3. The highest BCUT2D eigenvalue weighted by Crippen LogP contribution is 2.14. The summed E-state index contributed by atoms with van der Waals surface area (Å²) in [7, 11) is -4.20. The number of amidine groups is 1. The molecule has 2 amide bonds. The van der Waals surface area contributed by atoms with Gasteiger partial charge in [0.15, 0.2) is 0 Å². The number of nitrogen functional groups attached to an aromatic ring is 1. The highest BCUT2D eigenvalue weighted by Gasteiger charge is 2.30. The quantitative estimate of drug-likeness (QED) is 0.0900. The number of carbonyl (C=O) groups excluding carboxylic acids is 3. The fourth-order valence-electron chi connectivity index (χ4n) is 4.17. The Kier molecular flexibility index (Phi) is 12.9. The molecule has 0 aromatic heterocycles. The Morgan fingerprint density at radius 1 is 0.909 bits per heavy atom. The zero-order chi connectivity index (χ0) is 32.1. The molecular formula is C31H39N5O6S2. The van der Waals surface area contributed by atoms with Crippen LogP contribution in [0.3, 0.4) is 0 Å². The minimum atomic E-state index is -4.20. The summed E-state index contributed by atoms with van der Waals surface area (Å²) in [4.78, 5) is 38.6. The molecule has 0 fully saturated rings. The molecule has 6 N–H and O–H groups in total. The Hall–Kier alpha value is -4.20. The lowest BCUT2D eigenvalue weighted by molar-refractivity contribution is -0.129. The first-order valence-electron chi connectivity index (χ1n) is 13.9. The topological polar surface area (TPSA) is 181 Å². The van der Waals surface area contributed by atoms with E-state index in [4.69, 9.17) is 15.9 Å². The van der Waals surface area contributed by atoms with Gasteiger partial charge in [-0.15, -0.1) is 0 Å². The summed E-state index contributed by atoms with van der Waals surface area (Å²) in [5.41, 5.74) is 7.75. The molecule has 3 aromatic carbocycles. The summed E-state index contributed by atoms with van der Waals surface area (Å²) in [6.45, 7) is 2.04. The van der Waals surface area contributed by atoms with Crippen LogP contribution in [0, 0.1) is 5.41 Å². The van der Waals surface area contributed by atoms with Crippen LogP contribution >= 0.6 is 11.8 Å². The SMILES string of the molecule is CCOC(=O)c1ccc(S(=O)(=O)N[C@H](Cc2ccccc2)C(=O)N[C@@H](CCSC)C(=O)NCc2ccc(C(=N)N)cc2)cc1.[HH]. The maximum Gasteiger partial charge on any atom is 0.338 e. The minimum absolute atomic E-state index is 0. The molecule has 0 heterocycles. The number of sulfonamides is 1. The molecule has 0 bridgehead atoms. The Balaban J connectivity index is 0.00000705. The summed E-state index contributed by atoms with van der Waals surface area (Å²) < 4.78 is 34.1. The van der Waals surface area contributed by atoms with E-state index in [0.29, 0.717) is 23.3 Å². The van der Waals surface area contributed by atoms with Gasteiger partial charge in [-0.25, -0.2) is 13.2 Å². The lowest BCUT2D eigenvalue weighted by Crippen LogP contribution is -2.54. The number of thioether (sulfide) groups is 1. The van der Waals surface area contributed by atoms with E-state index in [2.05, 4.69) is 15.4 Å². The fourth-order valence-corrected chi connectivity index (χ4v) is 5.84. The van der Waals surface area contributed by atoms with E-state index in [1.165, 1.54) is 36.0 Å². The molecule has 0 unspecified atom stereocenters. The van der Waals surface area contributed by atoms with Gasteiger partial charge < -0.3 is 21.1 Å². The van der Waals surface area contributed by atoms with Gasteiger partial charge in [0.1, 0.15) is 17.9 Å². The van der Waals surface area contributed by atoms with Crippen LogP contribution in [0.25, 0.3) is 0 Å². The third-order valence-corrected chi connectivity index (χ3v) is 8.68. The third-order valence-electron chi connectivity index (χ3n) is 6.55. The van der Waals surface area contributed by atoms with Crippen LogP contribution in [0.4, 0.5) is 0 Å². The number of hydrogen-bond acceptors (Lipinski definition) is 8. The van der Waals surface area contributed by atoms with Gasteiger partial charge in [-0.3, -0.25) is 15.0 Å². The predicted octanol–water partition coefficient (Wildman–Crippen LogP) is 2.84. The minimum Gasteiger partial charge on any atom is -0.462 e. The van der Waals surface area contributed by atoms with Crippen molar-refractivity contribution in [3.8, 4) is 0 Å². The van der Waals surface area contributed by atoms with E-state index in [0.717, 1.165) is 5.56 Å². The van der Waals surface area contributed by atoms with Crippen LogP contribution in [0.2, 0.25) is 0 Å². The molecule has 3 rings (SSSR count). The number of benzene rings is 3. The Morgan fingerprint density at radius 3 is 2.14 bits per heavy atom. The van der Waals surface area contributed by atoms with Crippen molar-refractivity contribution in [3.05, 3.63) is 101 Å². The summed E-state index contributed by atoms with van der Waals surface area (Å²) in [6.07, 6.45) is 2.24. The normalized spacial score (nSPS) is 12.5. The largest absolute Gasteiger partial charge is 0.462 e. The van der Waals surface area contributed by atoms with Crippen molar-refractivity contribution in [3.63, 3.8) is 0 Å². The van der Waals surface area contributed by atoms with Gasteiger partial charge in [0.25, 0.3) is 0 Å². The lowest BCUT2D eigenvalue weighted by Gasteiger charge is -2.23. The molecule has 0 spiro atoms. The van der Waals surface area contributed by atoms with E-state index in [1.807, 2.05) is 12.3 Å². The number of ether oxygens (including phenoxy) is 1. The standard InChI is InChI=1S/C31H37N5O6S2.H2/c1-3-42-31(39)24-13-15-25(16-14-24)44(40,41)36-27(19-21-7-5-4-6-8-21)30(38)35-26(17-18-43-2)29(37)34-20-22-9-11-23(12-10-22)28(32)33;/h4-16,26-27,36H,3,17-20H2,1-2H3,(H3,32,33)(H,34,37)(H,35,38);1H/t26-,27+;/m0./s1. The van der Waals surface area contributed by atoms with Crippen molar-refractivity contribution < 1.29 is 29.0 Å². The molecule has 2 atom stereocenters. The van der Waals surface area contributed by atoms with Crippen LogP contribution < -0.4 is 21.1 Å². The van der Waals surface area contributed by atoms with Crippen molar-refractivity contribution in [2.24, 2.45) is 5.73 Å². The first-order valence-corrected chi connectivity index (χ1v) is 16.8. The molecule has 13 heteroatoms. The van der Waals surface area contributed by atoms with E-state index in [9.17, 15) is 22.8 Å². The van der Waals surface area contributed by atoms with Crippen LogP contribution in [-0.2, 0) is 37.3 Å². The summed E-state index contributed by atoms with van der Waals surface area (Å²) >= 11 is 1.51. The van der Waals surface area contributed by atoms with Crippen molar-refractivity contribution in [1.29, 1.82) is 5.41 Å². The van der Waals surface area contributed by atoms with E-state index >= 15 is 0 Å². The molecule has 0 radical (unpaired) electrons. The van der Waals surface area contributed by atoms with Gasteiger partial charge >= 0.3 is 5.97 Å². The molecule has 0 aliphatic heterocycles. The molecule has 3 aromatic rings. The number of amides is 2. The van der Waals surface area contributed by atoms with Gasteiger partial charge in [0, 0.05) is 13.5 Å². The van der Waals surface area contributed by atoms with Crippen LogP contribution in [-0.4, -0.2) is 62.7 Å². The third kappa shape index (κ3) is 10.2. The second-order valence-electron chi connectivity index (χ2n) is 9.78. The molecule has 0 saturated carbocycles. The molecule has 44 heavy (non-hydrogen) atoms. The summed E-state index contributed by atoms with van der Waals surface area (Å²) in [5.74, 6) is -1.14. The number of nitrogens with two attached hydrogens (primary N) is 1. The van der Waals surface area contributed by atoms with E-state index in [-0.39, 0.29) is 37.3 Å². The zero-order valence-electron chi connectivity index (χ0n) is 24.5. The average Bonchev–Trinajstić information content (AvgIpc) is 3.02. The average molecular weight is 642 g/mol. The zero-order valence-corrected chi connectivity index (χ0v) is 26.2. The number of hydrogen-bond donors (Lipinski definition) is 5. The first-order chi connectivity index (χ1) is 21.0. The number of carbonyl (C=O) groups is 3. The monoisotopic (exact) mass is 641 g/mol. The smallest absolute Gasteiger partial charge is 0.338 e. The number of nitrogens with one attached hydrogen (secondary N) is 4. The maximum absolute atomic E-state index is 13.6. The van der Waals surface area contributed by atoms with Crippen LogP contribution in [0.5, 0.6) is 0 Å². The second kappa shape index (κ2) is 16.6. The molecule has 0 saturated heterocycles. The molecule has 11 nitrogen and oxygen atoms in total. The van der Waals surface area contributed by atoms with Crippen molar-refractivity contribution in [2.75, 3.05) is 18.6 Å². The number of rotatable bonds is 16. The molecular weight excluding hydrogens is 603 g/mol. The van der Waals surface area contributed by atoms with E-state index in [1.54, 1.807) is 55.5 Å². The Morgan fingerprint density at radius 2 is 1.55 bits per heavy atom. The predicted molar refractivity (Wildman–Crippen MR) is 173 cm³/mol. The highest BCUT2D eigenvalue weighted by molar-refractivity contribution is 7.98. The number of esters is 1. The van der Waals surface area contributed by atoms with Crippen molar-refractivity contribution in [2.45, 2.75) is 43.3 Å². The van der Waals surface area contributed by atoms with Gasteiger partial charge in [-0.2, -0.15) is 16.5 Å². The van der Waals surface area contributed by atoms with Crippen LogP contribution in [0.1, 0.15) is 41.8 Å². The molecule has 236 valence electrons. The van der Waals surface area contributed by atoms with E-state index < -0.39 is 39.9 Å². The van der Waals surface area contributed by atoms with Crippen molar-refractivity contribution >= 4 is 45.4 Å². The molecule has 0 aliphatic rings. The summed E-state index contributed by atoms with van der Waals surface area (Å²) in [6, 6.07) is 18.8. The molecule has 0 aliphatic carbocycles. The van der Waals surface area contributed by atoms with Gasteiger partial charge in [-0.05, 0) is 67.2 Å². The maximum atomic E-state index is 13.6. The summed E-state index contributed by atoms with van der Waals surface area (Å²) in [5, 5.41) is 13.1. The van der Waals surface area contributed by atoms with Gasteiger partial charge in [0.2, 0.25) is 21.8 Å².